The third-order valence-electron chi connectivity index (χ3n) is 2.44. The van der Waals surface area contributed by atoms with E-state index in [-0.39, 0.29) is 11.9 Å². The van der Waals surface area contributed by atoms with Gasteiger partial charge in [0.15, 0.2) is 0 Å². The molecular weight excluding hydrogens is 221 g/mol. The van der Waals surface area contributed by atoms with Crippen LogP contribution in [0.3, 0.4) is 0 Å². The average Bonchev–Trinajstić information content (AvgIpc) is 2.78. The number of hydrogen-bond acceptors (Lipinski definition) is 4. The van der Waals surface area contributed by atoms with E-state index in [2.05, 4.69) is 10.1 Å². The summed E-state index contributed by atoms with van der Waals surface area (Å²) in [7, 11) is 0. The highest BCUT2D eigenvalue weighted by atomic mass is 19.1. The first kappa shape index (κ1) is 11.7. The predicted octanol–water partition coefficient (Wildman–Crippen LogP) is 2.68. The summed E-state index contributed by atoms with van der Waals surface area (Å²) in [5.41, 5.74) is 6.44. The van der Waals surface area contributed by atoms with Gasteiger partial charge in [0.2, 0.25) is 11.7 Å². The molecule has 1 heterocycles. The molecule has 0 radical (unpaired) electrons. The van der Waals surface area contributed by atoms with Gasteiger partial charge in [0.1, 0.15) is 5.82 Å². The molecule has 1 aromatic heterocycles. The van der Waals surface area contributed by atoms with Gasteiger partial charge in [0.05, 0.1) is 6.04 Å². The summed E-state index contributed by atoms with van der Waals surface area (Å²) in [5.74, 6) is 0.434. The fourth-order valence-corrected chi connectivity index (χ4v) is 1.57. The SMILES string of the molecule is CCC[C@@H](N)c1nc(-c2cccc(F)c2)no1. The van der Waals surface area contributed by atoms with E-state index in [1.807, 2.05) is 6.92 Å². The van der Waals surface area contributed by atoms with Crippen molar-refractivity contribution in [3.63, 3.8) is 0 Å². The van der Waals surface area contributed by atoms with Crippen molar-refractivity contribution in [3.05, 3.63) is 36.0 Å². The van der Waals surface area contributed by atoms with Crippen molar-refractivity contribution < 1.29 is 8.91 Å². The summed E-state index contributed by atoms with van der Waals surface area (Å²) in [6, 6.07) is 5.80. The number of nitrogens with two attached hydrogens (primary N) is 1. The van der Waals surface area contributed by atoms with E-state index in [1.165, 1.54) is 12.1 Å². The molecule has 0 aliphatic rings. The van der Waals surface area contributed by atoms with Gasteiger partial charge < -0.3 is 10.3 Å². The first-order valence-corrected chi connectivity index (χ1v) is 5.56. The molecule has 0 amide bonds. The molecule has 2 N–H and O–H groups in total. The molecule has 5 heteroatoms. The fourth-order valence-electron chi connectivity index (χ4n) is 1.57. The molecule has 4 nitrogen and oxygen atoms in total. The molecule has 17 heavy (non-hydrogen) atoms. The van der Waals surface area contributed by atoms with Crippen LogP contribution in [0.5, 0.6) is 0 Å². The standard InChI is InChI=1S/C12H14FN3O/c1-2-4-10(14)12-15-11(16-17-12)8-5-3-6-9(13)7-8/h3,5-7,10H,2,4,14H2,1H3/t10-/m1/s1. The molecule has 0 aliphatic carbocycles. The van der Waals surface area contributed by atoms with Crippen LogP contribution in [-0.4, -0.2) is 10.1 Å². The number of rotatable bonds is 4. The second-order valence-electron chi connectivity index (χ2n) is 3.86. The van der Waals surface area contributed by atoms with Gasteiger partial charge in [-0.3, -0.25) is 0 Å². The van der Waals surface area contributed by atoms with Crippen LogP contribution in [0.1, 0.15) is 31.7 Å². The molecule has 1 aromatic carbocycles. The molecule has 90 valence electrons. The maximum Gasteiger partial charge on any atom is 0.243 e. The van der Waals surface area contributed by atoms with E-state index in [1.54, 1.807) is 12.1 Å². The summed E-state index contributed by atoms with van der Waals surface area (Å²) in [6.45, 7) is 2.03. The second kappa shape index (κ2) is 5.05. The zero-order valence-electron chi connectivity index (χ0n) is 9.56. The third kappa shape index (κ3) is 2.68. The number of benzene rings is 1. The lowest BCUT2D eigenvalue weighted by atomic mass is 10.2. The molecule has 2 rings (SSSR count). The van der Waals surface area contributed by atoms with Crippen molar-refractivity contribution in [1.82, 2.24) is 10.1 Å². The van der Waals surface area contributed by atoms with Gasteiger partial charge >= 0.3 is 0 Å². The average molecular weight is 235 g/mol. The lowest BCUT2D eigenvalue weighted by molar-refractivity contribution is 0.348. The Bertz CT molecular complexity index is 498. The lowest BCUT2D eigenvalue weighted by Crippen LogP contribution is -2.09. The Kier molecular flexibility index (Phi) is 3.49. The third-order valence-corrected chi connectivity index (χ3v) is 2.44. The van der Waals surface area contributed by atoms with Crippen LogP contribution in [0.2, 0.25) is 0 Å². The Labute approximate surface area is 98.6 Å². The summed E-state index contributed by atoms with van der Waals surface area (Å²) in [4.78, 5) is 4.17. The van der Waals surface area contributed by atoms with Gasteiger partial charge in [-0.2, -0.15) is 4.98 Å². The Morgan fingerprint density at radius 1 is 1.47 bits per heavy atom. The first-order valence-electron chi connectivity index (χ1n) is 5.56. The van der Waals surface area contributed by atoms with Crippen molar-refractivity contribution in [2.24, 2.45) is 5.73 Å². The molecule has 0 bridgehead atoms. The van der Waals surface area contributed by atoms with Crippen molar-refractivity contribution >= 4 is 0 Å². The van der Waals surface area contributed by atoms with E-state index in [9.17, 15) is 4.39 Å². The molecule has 0 fully saturated rings. The topological polar surface area (TPSA) is 64.9 Å². The highest BCUT2D eigenvalue weighted by molar-refractivity contribution is 5.53. The Morgan fingerprint density at radius 2 is 2.29 bits per heavy atom. The lowest BCUT2D eigenvalue weighted by Gasteiger charge is -2.02. The monoisotopic (exact) mass is 235 g/mol. The maximum absolute atomic E-state index is 13.0. The van der Waals surface area contributed by atoms with Crippen LogP contribution in [0.25, 0.3) is 11.4 Å². The van der Waals surface area contributed by atoms with Gasteiger partial charge in [0.25, 0.3) is 0 Å². The largest absolute Gasteiger partial charge is 0.337 e. The smallest absolute Gasteiger partial charge is 0.243 e. The fraction of sp³-hybridized carbons (Fsp3) is 0.333. The van der Waals surface area contributed by atoms with Gasteiger partial charge in [-0.15, -0.1) is 0 Å². The minimum Gasteiger partial charge on any atom is -0.337 e. The van der Waals surface area contributed by atoms with Crippen LogP contribution in [0, 0.1) is 5.82 Å². The van der Waals surface area contributed by atoms with Gasteiger partial charge in [-0.05, 0) is 18.6 Å². The van der Waals surface area contributed by atoms with E-state index >= 15 is 0 Å². The van der Waals surface area contributed by atoms with Crippen molar-refractivity contribution in [3.8, 4) is 11.4 Å². The van der Waals surface area contributed by atoms with Gasteiger partial charge in [-0.1, -0.05) is 30.6 Å². The number of halogens is 1. The number of hydrogen-bond donors (Lipinski definition) is 1. The summed E-state index contributed by atoms with van der Waals surface area (Å²) in [5, 5.41) is 3.80. The molecule has 1 atom stereocenters. The molecule has 2 aromatic rings. The zero-order valence-corrected chi connectivity index (χ0v) is 9.56. The van der Waals surface area contributed by atoms with Crippen LogP contribution in [-0.2, 0) is 0 Å². The molecule has 0 spiro atoms. The van der Waals surface area contributed by atoms with Crippen molar-refractivity contribution in [2.75, 3.05) is 0 Å². The normalized spacial score (nSPS) is 12.6. The minimum absolute atomic E-state index is 0.255. The number of aromatic nitrogens is 2. The van der Waals surface area contributed by atoms with Crippen LogP contribution >= 0.6 is 0 Å². The summed E-state index contributed by atoms with van der Waals surface area (Å²) in [6.07, 6.45) is 1.73. The van der Waals surface area contributed by atoms with E-state index in [0.717, 1.165) is 12.8 Å². The summed E-state index contributed by atoms with van der Waals surface area (Å²) >= 11 is 0. The molecule has 0 saturated heterocycles. The molecule has 0 unspecified atom stereocenters. The molecule has 0 saturated carbocycles. The van der Waals surface area contributed by atoms with E-state index in [0.29, 0.717) is 17.3 Å². The van der Waals surface area contributed by atoms with E-state index in [4.69, 9.17) is 10.3 Å². The predicted molar refractivity (Wildman–Crippen MR) is 61.5 cm³/mol. The van der Waals surface area contributed by atoms with Gasteiger partial charge in [0, 0.05) is 5.56 Å². The quantitative estimate of drug-likeness (QED) is 0.884. The first-order chi connectivity index (χ1) is 8.20. The second-order valence-corrected chi connectivity index (χ2v) is 3.86. The van der Waals surface area contributed by atoms with Crippen molar-refractivity contribution in [2.45, 2.75) is 25.8 Å². The van der Waals surface area contributed by atoms with Crippen molar-refractivity contribution in [1.29, 1.82) is 0 Å². The van der Waals surface area contributed by atoms with Crippen LogP contribution in [0.4, 0.5) is 4.39 Å². The van der Waals surface area contributed by atoms with E-state index < -0.39 is 0 Å². The minimum atomic E-state index is -0.327. The zero-order chi connectivity index (χ0) is 12.3. The molecular formula is C12H14FN3O. The highest BCUT2D eigenvalue weighted by Gasteiger charge is 2.14. The Morgan fingerprint density at radius 3 is 3.00 bits per heavy atom. The van der Waals surface area contributed by atoms with Crippen LogP contribution in [0.15, 0.2) is 28.8 Å². The highest BCUT2D eigenvalue weighted by Crippen LogP contribution is 2.20. The maximum atomic E-state index is 13.0. The summed E-state index contributed by atoms with van der Waals surface area (Å²) < 4.78 is 18.1. The number of nitrogens with zero attached hydrogens (tertiary/aromatic N) is 2. The molecule has 0 aliphatic heterocycles. The van der Waals surface area contributed by atoms with Crippen LogP contribution < -0.4 is 5.73 Å². The Balaban J connectivity index is 2.23. The Hall–Kier alpha value is -1.75. The van der Waals surface area contributed by atoms with Gasteiger partial charge in [-0.25, -0.2) is 4.39 Å².